The van der Waals surface area contributed by atoms with Crippen molar-refractivity contribution in [1.82, 2.24) is 0 Å². The minimum Gasteiger partial charge on any atom is -0.481 e. The second kappa shape index (κ2) is 4.14. The van der Waals surface area contributed by atoms with Gasteiger partial charge in [0, 0.05) is 0 Å². The smallest absolute Gasteiger partial charge is 0.392 e. The average Bonchev–Trinajstić information content (AvgIpc) is 2.24. The van der Waals surface area contributed by atoms with E-state index < -0.39 is 30.4 Å². The minimum atomic E-state index is -4.40. The molecule has 0 aliphatic heterocycles. The van der Waals surface area contributed by atoms with Crippen molar-refractivity contribution >= 4 is 5.97 Å². The first-order valence-electron chi connectivity index (χ1n) is 6.42. The van der Waals surface area contributed by atoms with Crippen LogP contribution in [0.15, 0.2) is 0 Å². The fraction of sp³-hybridized carbons (Fsp3) is 0.923. The molecule has 0 amide bonds. The number of hydrogen-bond donors (Lipinski definition) is 1. The summed E-state index contributed by atoms with van der Waals surface area (Å²) in [4.78, 5) is 10.7. The van der Waals surface area contributed by atoms with E-state index >= 15 is 0 Å². The lowest BCUT2D eigenvalue weighted by molar-refractivity contribution is -0.228. The summed E-state index contributed by atoms with van der Waals surface area (Å²) in [7, 11) is 0. The predicted molar refractivity (Wildman–Crippen MR) is 59.9 cm³/mol. The van der Waals surface area contributed by atoms with E-state index in [1.807, 2.05) is 13.8 Å². The summed E-state index contributed by atoms with van der Waals surface area (Å²) in [5, 5.41) is 8.71. The molecule has 0 heterocycles. The van der Waals surface area contributed by atoms with Crippen molar-refractivity contribution in [3.63, 3.8) is 0 Å². The summed E-state index contributed by atoms with van der Waals surface area (Å²) in [6.07, 6.45) is -3.02. The number of alkyl halides is 3. The van der Waals surface area contributed by atoms with Crippen LogP contribution >= 0.6 is 0 Å². The molecule has 3 saturated carbocycles. The van der Waals surface area contributed by atoms with Gasteiger partial charge < -0.3 is 5.11 Å². The number of hydrogen-bond acceptors (Lipinski definition) is 1. The van der Waals surface area contributed by atoms with E-state index in [4.69, 9.17) is 5.11 Å². The second-order valence-corrected chi connectivity index (χ2v) is 6.35. The molecule has 0 aromatic carbocycles. The Kier molecular flexibility index (Phi) is 3.14. The van der Waals surface area contributed by atoms with Crippen LogP contribution in [0, 0.1) is 29.1 Å². The number of carboxylic acid groups (broad SMARTS) is 1. The van der Waals surface area contributed by atoms with Gasteiger partial charge >= 0.3 is 12.1 Å². The van der Waals surface area contributed by atoms with Crippen molar-refractivity contribution in [3.05, 3.63) is 0 Å². The number of carbonyl (C=O) groups is 1. The molecular weight excluding hydrogens is 245 g/mol. The number of fused-ring (bicyclic) bond motifs is 2. The van der Waals surface area contributed by atoms with Crippen LogP contribution in [-0.2, 0) is 4.79 Å². The van der Waals surface area contributed by atoms with Crippen LogP contribution in [0.4, 0.5) is 13.2 Å². The molecule has 4 atom stereocenters. The highest BCUT2D eigenvalue weighted by Gasteiger charge is 2.59. The normalized spacial score (nSPS) is 35.7. The lowest BCUT2D eigenvalue weighted by Gasteiger charge is -2.61. The fourth-order valence-electron chi connectivity index (χ4n) is 4.05. The number of aliphatic carboxylic acids is 1. The van der Waals surface area contributed by atoms with Crippen LogP contribution in [0.1, 0.15) is 39.5 Å². The molecule has 0 saturated heterocycles. The van der Waals surface area contributed by atoms with Crippen LogP contribution in [0.25, 0.3) is 0 Å². The molecule has 0 spiro atoms. The van der Waals surface area contributed by atoms with Gasteiger partial charge in [-0.15, -0.1) is 0 Å². The van der Waals surface area contributed by atoms with Gasteiger partial charge in [-0.3, -0.25) is 4.79 Å². The molecule has 0 radical (unpaired) electrons. The highest BCUT2D eigenvalue weighted by Crippen LogP contribution is 2.64. The molecule has 1 N–H and O–H groups in total. The van der Waals surface area contributed by atoms with Crippen LogP contribution < -0.4 is 0 Å². The molecule has 3 fully saturated rings. The van der Waals surface area contributed by atoms with Gasteiger partial charge in [0.1, 0.15) is 0 Å². The molecule has 104 valence electrons. The van der Waals surface area contributed by atoms with Crippen LogP contribution in [0.2, 0.25) is 0 Å². The highest BCUT2D eigenvalue weighted by molar-refractivity contribution is 5.67. The van der Waals surface area contributed by atoms with Crippen molar-refractivity contribution in [2.75, 3.05) is 0 Å². The summed E-state index contributed by atoms with van der Waals surface area (Å²) in [6, 6.07) is 0. The largest absolute Gasteiger partial charge is 0.481 e. The molecule has 2 nitrogen and oxygen atoms in total. The van der Waals surface area contributed by atoms with E-state index in [1.165, 1.54) is 0 Å². The molecule has 2 unspecified atom stereocenters. The van der Waals surface area contributed by atoms with Gasteiger partial charge in [-0.05, 0) is 42.4 Å². The third-order valence-corrected chi connectivity index (χ3v) is 5.24. The molecule has 0 aromatic rings. The lowest BCUT2D eigenvalue weighted by Crippen LogP contribution is -2.55. The number of halogens is 3. The number of carboxylic acids is 1. The van der Waals surface area contributed by atoms with Crippen molar-refractivity contribution in [2.24, 2.45) is 29.1 Å². The minimum absolute atomic E-state index is 0.0298. The van der Waals surface area contributed by atoms with Gasteiger partial charge in [-0.1, -0.05) is 13.8 Å². The first-order chi connectivity index (χ1) is 8.14. The van der Waals surface area contributed by atoms with E-state index in [2.05, 4.69) is 0 Å². The molecule has 0 aromatic heterocycles. The maximum atomic E-state index is 13.0. The van der Waals surface area contributed by atoms with Gasteiger partial charge in [-0.25, -0.2) is 0 Å². The van der Waals surface area contributed by atoms with Gasteiger partial charge in [-0.2, -0.15) is 13.2 Å². The van der Waals surface area contributed by atoms with Gasteiger partial charge in [0.15, 0.2) is 0 Å². The van der Waals surface area contributed by atoms with Crippen molar-refractivity contribution in [1.29, 1.82) is 0 Å². The van der Waals surface area contributed by atoms with E-state index in [0.717, 1.165) is 12.8 Å². The third-order valence-electron chi connectivity index (χ3n) is 5.24. The molecule has 18 heavy (non-hydrogen) atoms. The maximum Gasteiger partial charge on any atom is 0.392 e. The first-order valence-corrected chi connectivity index (χ1v) is 6.42. The summed E-state index contributed by atoms with van der Waals surface area (Å²) in [5.41, 5.74) is -0.0507. The topological polar surface area (TPSA) is 37.3 Å². The summed E-state index contributed by atoms with van der Waals surface area (Å²) >= 11 is 0. The molecule has 3 rings (SSSR count). The lowest BCUT2D eigenvalue weighted by atomic mass is 9.44. The maximum absolute atomic E-state index is 13.0. The fourth-order valence-corrected chi connectivity index (χ4v) is 4.05. The Bertz CT molecular complexity index is 347. The van der Waals surface area contributed by atoms with E-state index in [-0.39, 0.29) is 11.3 Å². The zero-order valence-corrected chi connectivity index (χ0v) is 10.6. The van der Waals surface area contributed by atoms with E-state index in [0.29, 0.717) is 12.3 Å². The quantitative estimate of drug-likeness (QED) is 0.843. The zero-order chi connectivity index (χ0) is 13.7. The summed E-state index contributed by atoms with van der Waals surface area (Å²) in [6.45, 7) is 4.04. The van der Waals surface area contributed by atoms with Gasteiger partial charge in [0.25, 0.3) is 0 Å². The van der Waals surface area contributed by atoms with Crippen LogP contribution in [0.5, 0.6) is 0 Å². The van der Waals surface area contributed by atoms with Crippen molar-refractivity contribution in [2.45, 2.75) is 45.7 Å². The van der Waals surface area contributed by atoms with Gasteiger partial charge in [0.2, 0.25) is 0 Å². The van der Waals surface area contributed by atoms with Crippen LogP contribution in [0.3, 0.4) is 0 Å². The summed E-state index contributed by atoms with van der Waals surface area (Å²) < 4.78 is 39.1. The Morgan fingerprint density at radius 2 is 2.00 bits per heavy atom. The first kappa shape index (κ1) is 13.7. The van der Waals surface area contributed by atoms with Gasteiger partial charge in [0.05, 0.1) is 12.3 Å². The Balaban J connectivity index is 2.18. The predicted octanol–water partition coefficient (Wildman–Crippen LogP) is 3.71. The average molecular weight is 264 g/mol. The zero-order valence-electron chi connectivity index (χ0n) is 10.6. The Morgan fingerprint density at radius 1 is 1.39 bits per heavy atom. The van der Waals surface area contributed by atoms with E-state index in [1.54, 1.807) is 0 Å². The Labute approximate surface area is 105 Å². The monoisotopic (exact) mass is 264 g/mol. The molecule has 3 aliphatic carbocycles. The molecule has 5 heteroatoms. The van der Waals surface area contributed by atoms with Crippen LogP contribution in [-0.4, -0.2) is 17.3 Å². The Morgan fingerprint density at radius 3 is 2.39 bits per heavy atom. The molecule has 2 bridgehead atoms. The molecule has 3 aliphatic rings. The third kappa shape index (κ3) is 2.12. The SMILES string of the molecule is CC1(C)[C@H]2CCC(C(CC(=O)O)C(F)(F)F)[C@@H]1C2. The molecular formula is C13H19F3O2. The van der Waals surface area contributed by atoms with Crippen molar-refractivity contribution < 1.29 is 23.1 Å². The van der Waals surface area contributed by atoms with E-state index in [9.17, 15) is 18.0 Å². The highest BCUT2D eigenvalue weighted by atomic mass is 19.4. The Hall–Kier alpha value is -0.740. The summed E-state index contributed by atoms with van der Waals surface area (Å²) in [5.74, 6) is -2.99. The second-order valence-electron chi connectivity index (χ2n) is 6.35. The van der Waals surface area contributed by atoms with Crippen molar-refractivity contribution in [3.8, 4) is 0 Å². The number of rotatable bonds is 3. The standard InChI is InChI=1S/C13H19F3O2/c1-12(2)7-3-4-8(9(12)5-7)10(6-11(17)18)13(14,15)16/h7-10H,3-6H2,1-2H3,(H,17,18)/t7-,8?,9-,10?/m0/s1.